The molecule has 0 amide bonds. The van der Waals surface area contributed by atoms with Gasteiger partial charge < -0.3 is 23.7 Å². The van der Waals surface area contributed by atoms with Crippen molar-refractivity contribution in [1.29, 1.82) is 0 Å². The smallest absolute Gasteiger partial charge is 0.169 e. The molecule has 2 aromatic carbocycles. The fourth-order valence-electron chi connectivity index (χ4n) is 5.03. The molecule has 1 saturated carbocycles. The fraction of sp³-hybridized carbons (Fsp3) is 0.556. The predicted molar refractivity (Wildman–Crippen MR) is 121 cm³/mol. The second-order valence-electron chi connectivity index (χ2n) is 9.22. The van der Waals surface area contributed by atoms with Crippen LogP contribution in [0.15, 0.2) is 60.7 Å². The van der Waals surface area contributed by atoms with E-state index in [1.807, 2.05) is 36.4 Å². The second kappa shape index (κ2) is 10.4. The Morgan fingerprint density at radius 2 is 1.34 bits per heavy atom. The standard InChI is InChI=1S/C27H34O5/c1-4-10-21(11-5-1)17-28-23-16-24(26-20-31-27(32-26)14-8-3-9-15-27)30-19-25(23)29-18-22-12-6-2-7-13-22/h1-2,4-7,10-13,23-26H,3,8-9,14-20H2/t23-,24+,25+,26+/m0/s1. The Morgan fingerprint density at radius 1 is 0.719 bits per heavy atom. The van der Waals surface area contributed by atoms with E-state index >= 15 is 0 Å². The van der Waals surface area contributed by atoms with Crippen LogP contribution in [0.1, 0.15) is 49.7 Å². The molecule has 5 heteroatoms. The van der Waals surface area contributed by atoms with E-state index < -0.39 is 0 Å². The zero-order valence-electron chi connectivity index (χ0n) is 18.7. The molecule has 0 bridgehead atoms. The van der Waals surface area contributed by atoms with Gasteiger partial charge in [-0.1, -0.05) is 67.1 Å². The lowest BCUT2D eigenvalue weighted by Gasteiger charge is -2.38. The van der Waals surface area contributed by atoms with Gasteiger partial charge in [-0.3, -0.25) is 0 Å². The maximum atomic E-state index is 6.46. The molecule has 5 rings (SSSR count). The van der Waals surface area contributed by atoms with Gasteiger partial charge in [-0.05, 0) is 24.0 Å². The molecule has 0 aromatic heterocycles. The summed E-state index contributed by atoms with van der Waals surface area (Å²) in [7, 11) is 0. The van der Waals surface area contributed by atoms with Gasteiger partial charge in [0.05, 0.1) is 38.6 Å². The molecule has 2 heterocycles. The van der Waals surface area contributed by atoms with Crippen molar-refractivity contribution in [3.05, 3.63) is 71.8 Å². The van der Waals surface area contributed by atoms with Crippen molar-refractivity contribution < 1.29 is 23.7 Å². The third-order valence-electron chi connectivity index (χ3n) is 6.87. The highest BCUT2D eigenvalue weighted by molar-refractivity contribution is 5.14. The molecule has 2 aromatic rings. The molecule has 1 spiro atoms. The minimum Gasteiger partial charge on any atom is -0.373 e. The molecule has 4 atom stereocenters. The van der Waals surface area contributed by atoms with E-state index in [-0.39, 0.29) is 30.2 Å². The van der Waals surface area contributed by atoms with Crippen LogP contribution in [-0.4, -0.2) is 43.4 Å². The second-order valence-corrected chi connectivity index (χ2v) is 9.22. The summed E-state index contributed by atoms with van der Waals surface area (Å²) < 4.78 is 31.6. The molecule has 0 radical (unpaired) electrons. The summed E-state index contributed by atoms with van der Waals surface area (Å²) in [6.07, 6.45) is 6.13. The van der Waals surface area contributed by atoms with Gasteiger partial charge in [0, 0.05) is 19.3 Å². The maximum Gasteiger partial charge on any atom is 0.169 e. The zero-order valence-corrected chi connectivity index (χ0v) is 18.7. The Morgan fingerprint density at radius 3 is 2.00 bits per heavy atom. The van der Waals surface area contributed by atoms with Crippen molar-refractivity contribution in [3.63, 3.8) is 0 Å². The van der Waals surface area contributed by atoms with Crippen LogP contribution < -0.4 is 0 Å². The van der Waals surface area contributed by atoms with Crippen molar-refractivity contribution in [2.45, 2.75) is 81.9 Å². The Labute approximate surface area is 191 Å². The summed E-state index contributed by atoms with van der Waals surface area (Å²) in [6.45, 7) is 2.22. The molecule has 2 aliphatic heterocycles. The summed E-state index contributed by atoms with van der Waals surface area (Å²) in [5.41, 5.74) is 2.32. The molecule has 0 unspecified atom stereocenters. The fourth-order valence-corrected chi connectivity index (χ4v) is 5.03. The quantitative estimate of drug-likeness (QED) is 0.607. The summed E-state index contributed by atoms with van der Waals surface area (Å²) in [4.78, 5) is 0. The van der Waals surface area contributed by atoms with Crippen LogP contribution in [0, 0.1) is 0 Å². The van der Waals surface area contributed by atoms with Gasteiger partial charge >= 0.3 is 0 Å². The van der Waals surface area contributed by atoms with Gasteiger partial charge in [-0.15, -0.1) is 0 Å². The molecule has 2 saturated heterocycles. The Balaban J connectivity index is 1.22. The summed E-state index contributed by atoms with van der Waals surface area (Å²) in [5.74, 6) is -0.382. The Bertz CT molecular complexity index is 820. The third kappa shape index (κ3) is 5.41. The average Bonchev–Trinajstić information content (AvgIpc) is 3.26. The third-order valence-corrected chi connectivity index (χ3v) is 6.87. The van der Waals surface area contributed by atoms with Crippen molar-refractivity contribution in [2.75, 3.05) is 13.2 Å². The van der Waals surface area contributed by atoms with Gasteiger partial charge in [0.2, 0.25) is 0 Å². The number of rotatable bonds is 7. The number of ether oxygens (including phenoxy) is 5. The van der Waals surface area contributed by atoms with E-state index in [0.29, 0.717) is 26.4 Å². The highest BCUT2D eigenvalue weighted by Gasteiger charge is 2.47. The molecule has 3 aliphatic rings. The molecule has 32 heavy (non-hydrogen) atoms. The van der Waals surface area contributed by atoms with E-state index in [0.717, 1.165) is 24.8 Å². The first-order valence-electron chi connectivity index (χ1n) is 12.0. The summed E-state index contributed by atoms with van der Waals surface area (Å²) in [6, 6.07) is 20.6. The summed E-state index contributed by atoms with van der Waals surface area (Å²) in [5, 5.41) is 0. The monoisotopic (exact) mass is 438 g/mol. The van der Waals surface area contributed by atoms with Crippen LogP contribution >= 0.6 is 0 Å². The number of hydrogen-bond donors (Lipinski definition) is 0. The highest BCUT2D eigenvalue weighted by Crippen LogP contribution is 2.40. The topological polar surface area (TPSA) is 46.2 Å². The zero-order chi connectivity index (χ0) is 21.6. The molecule has 5 nitrogen and oxygen atoms in total. The van der Waals surface area contributed by atoms with E-state index in [1.54, 1.807) is 0 Å². The van der Waals surface area contributed by atoms with Crippen molar-refractivity contribution in [2.24, 2.45) is 0 Å². The normalized spacial score (nSPS) is 29.9. The van der Waals surface area contributed by atoms with Gasteiger partial charge in [0.15, 0.2) is 5.79 Å². The molecular weight excluding hydrogens is 404 g/mol. The van der Waals surface area contributed by atoms with Crippen LogP contribution in [0.2, 0.25) is 0 Å². The highest BCUT2D eigenvalue weighted by atomic mass is 16.8. The van der Waals surface area contributed by atoms with Gasteiger partial charge in [0.1, 0.15) is 12.2 Å². The predicted octanol–water partition coefficient (Wildman–Crippen LogP) is 5.02. The van der Waals surface area contributed by atoms with Crippen LogP contribution in [-0.2, 0) is 36.9 Å². The van der Waals surface area contributed by atoms with Gasteiger partial charge in [-0.25, -0.2) is 0 Å². The number of hydrogen-bond acceptors (Lipinski definition) is 5. The summed E-state index contributed by atoms with van der Waals surface area (Å²) >= 11 is 0. The van der Waals surface area contributed by atoms with Gasteiger partial charge in [0.25, 0.3) is 0 Å². The Kier molecular flexibility index (Phi) is 7.20. The lowest BCUT2D eigenvalue weighted by Crippen LogP contribution is -2.49. The first kappa shape index (κ1) is 22.1. The SMILES string of the molecule is c1ccc(CO[C@H]2C[C@H]([C@H]3COC4(CCCCC4)O3)OC[C@H]2OCc2ccccc2)cc1. The van der Waals surface area contributed by atoms with E-state index in [9.17, 15) is 0 Å². The van der Waals surface area contributed by atoms with E-state index in [1.165, 1.54) is 24.8 Å². The van der Waals surface area contributed by atoms with Crippen LogP contribution in [0.5, 0.6) is 0 Å². The van der Waals surface area contributed by atoms with Crippen molar-refractivity contribution in [3.8, 4) is 0 Å². The first-order chi connectivity index (χ1) is 15.8. The molecular formula is C27H34O5. The molecule has 0 N–H and O–H groups in total. The lowest BCUT2D eigenvalue weighted by atomic mass is 9.94. The molecule has 3 fully saturated rings. The van der Waals surface area contributed by atoms with Gasteiger partial charge in [-0.2, -0.15) is 0 Å². The van der Waals surface area contributed by atoms with Crippen molar-refractivity contribution in [1.82, 2.24) is 0 Å². The molecule has 1 aliphatic carbocycles. The number of benzene rings is 2. The average molecular weight is 439 g/mol. The van der Waals surface area contributed by atoms with Crippen molar-refractivity contribution >= 4 is 0 Å². The van der Waals surface area contributed by atoms with Crippen LogP contribution in [0.3, 0.4) is 0 Å². The minimum atomic E-state index is -0.382. The maximum absolute atomic E-state index is 6.46. The Hall–Kier alpha value is -1.76. The lowest BCUT2D eigenvalue weighted by molar-refractivity contribution is -0.220. The van der Waals surface area contributed by atoms with Crippen LogP contribution in [0.25, 0.3) is 0 Å². The largest absolute Gasteiger partial charge is 0.373 e. The minimum absolute atomic E-state index is 0.0337. The van der Waals surface area contributed by atoms with Crippen LogP contribution in [0.4, 0.5) is 0 Å². The molecule has 172 valence electrons. The first-order valence-corrected chi connectivity index (χ1v) is 12.0. The van der Waals surface area contributed by atoms with E-state index in [4.69, 9.17) is 23.7 Å². The van der Waals surface area contributed by atoms with E-state index in [2.05, 4.69) is 24.3 Å².